The molecular formula is C15H23NO2. The van der Waals surface area contributed by atoms with Gasteiger partial charge >= 0.3 is 5.97 Å². The highest BCUT2D eigenvalue weighted by Crippen LogP contribution is 2.18. The molecule has 0 spiro atoms. The van der Waals surface area contributed by atoms with E-state index < -0.39 is 0 Å². The van der Waals surface area contributed by atoms with Gasteiger partial charge in [-0.2, -0.15) is 0 Å². The summed E-state index contributed by atoms with van der Waals surface area (Å²) in [5.74, 6) is -0.382. The Morgan fingerprint density at radius 2 is 1.89 bits per heavy atom. The number of hydrogen-bond donors (Lipinski definition) is 1. The van der Waals surface area contributed by atoms with E-state index in [9.17, 15) is 4.79 Å². The van der Waals surface area contributed by atoms with Crippen molar-refractivity contribution in [3.63, 3.8) is 0 Å². The van der Waals surface area contributed by atoms with Crippen molar-refractivity contribution < 1.29 is 9.53 Å². The molecule has 0 aliphatic heterocycles. The molecule has 3 nitrogen and oxygen atoms in total. The van der Waals surface area contributed by atoms with E-state index in [1.165, 1.54) is 25.5 Å². The van der Waals surface area contributed by atoms with Gasteiger partial charge in [-0.3, -0.25) is 4.79 Å². The topological polar surface area (TPSA) is 52.3 Å². The first-order valence-electron chi connectivity index (χ1n) is 6.55. The van der Waals surface area contributed by atoms with E-state index in [1.807, 2.05) is 19.1 Å². The van der Waals surface area contributed by atoms with Crippen LogP contribution in [0.3, 0.4) is 0 Å². The zero-order valence-corrected chi connectivity index (χ0v) is 11.3. The third-order valence-electron chi connectivity index (χ3n) is 3.20. The first-order chi connectivity index (χ1) is 8.69. The highest BCUT2D eigenvalue weighted by atomic mass is 16.5. The molecule has 0 fully saturated rings. The quantitative estimate of drug-likeness (QED) is 0.597. The fourth-order valence-corrected chi connectivity index (χ4v) is 1.94. The molecule has 0 aromatic heterocycles. The maximum Gasteiger partial charge on any atom is 0.312 e. The molecule has 18 heavy (non-hydrogen) atoms. The molecule has 1 aromatic carbocycles. The first-order valence-corrected chi connectivity index (χ1v) is 6.55. The van der Waals surface area contributed by atoms with Gasteiger partial charge in [0.25, 0.3) is 0 Å². The first kappa shape index (κ1) is 14.7. The van der Waals surface area contributed by atoms with Crippen molar-refractivity contribution in [3.8, 4) is 0 Å². The predicted octanol–water partition coefficient (Wildman–Crippen LogP) is 2.63. The highest BCUT2D eigenvalue weighted by molar-refractivity contribution is 5.77. The molecule has 1 rings (SSSR count). The molecule has 1 unspecified atom stereocenters. The van der Waals surface area contributed by atoms with Crippen molar-refractivity contribution in [1.29, 1.82) is 0 Å². The lowest BCUT2D eigenvalue weighted by Crippen LogP contribution is -2.10. The Balaban J connectivity index is 2.49. The number of hydrogen-bond acceptors (Lipinski definition) is 3. The van der Waals surface area contributed by atoms with Gasteiger partial charge in [0.05, 0.1) is 13.0 Å². The molecule has 1 aromatic rings. The van der Waals surface area contributed by atoms with E-state index in [0.717, 1.165) is 24.9 Å². The van der Waals surface area contributed by atoms with Crippen LogP contribution >= 0.6 is 0 Å². The molecule has 0 aliphatic carbocycles. The minimum Gasteiger partial charge on any atom is -0.469 e. The van der Waals surface area contributed by atoms with Gasteiger partial charge < -0.3 is 10.5 Å². The lowest BCUT2D eigenvalue weighted by atomic mass is 9.98. The number of carbonyl (C=O) groups is 1. The molecule has 0 radical (unpaired) electrons. The van der Waals surface area contributed by atoms with Crippen molar-refractivity contribution >= 4 is 5.97 Å². The van der Waals surface area contributed by atoms with E-state index >= 15 is 0 Å². The monoisotopic (exact) mass is 249 g/mol. The van der Waals surface area contributed by atoms with Gasteiger partial charge in [0.15, 0.2) is 0 Å². The smallest absolute Gasteiger partial charge is 0.312 e. The fourth-order valence-electron chi connectivity index (χ4n) is 1.94. The molecule has 1 atom stereocenters. The summed E-state index contributed by atoms with van der Waals surface area (Å²) in [6, 6.07) is 8.22. The average Bonchev–Trinajstić information content (AvgIpc) is 2.42. The number of unbranched alkanes of at least 4 members (excludes halogenated alkanes) is 2. The third kappa shape index (κ3) is 4.49. The Labute approximate surface area is 109 Å². The Morgan fingerprint density at radius 1 is 1.22 bits per heavy atom. The number of ether oxygens (including phenoxy) is 1. The SMILES string of the molecule is COC(=O)C(C)c1ccc(CCCCCN)cc1. The Bertz CT molecular complexity index is 359. The van der Waals surface area contributed by atoms with Crippen LogP contribution in [-0.4, -0.2) is 19.6 Å². The lowest BCUT2D eigenvalue weighted by Gasteiger charge is -2.10. The van der Waals surface area contributed by atoms with Crippen LogP contribution in [0, 0.1) is 0 Å². The van der Waals surface area contributed by atoms with Crippen LogP contribution in [0.2, 0.25) is 0 Å². The number of aryl methyl sites for hydroxylation is 1. The number of nitrogens with two attached hydrogens (primary N) is 1. The maximum absolute atomic E-state index is 11.4. The van der Waals surface area contributed by atoms with E-state index in [2.05, 4.69) is 12.1 Å². The van der Waals surface area contributed by atoms with Crippen LogP contribution in [0.15, 0.2) is 24.3 Å². The standard InChI is InChI=1S/C15H23NO2/c1-12(15(17)18-2)14-9-7-13(8-10-14)6-4-3-5-11-16/h7-10,12H,3-6,11,16H2,1-2H3. The van der Waals surface area contributed by atoms with Gasteiger partial charge in [-0.25, -0.2) is 0 Å². The lowest BCUT2D eigenvalue weighted by molar-refractivity contribution is -0.141. The van der Waals surface area contributed by atoms with Gasteiger partial charge in [0, 0.05) is 0 Å². The highest BCUT2D eigenvalue weighted by Gasteiger charge is 2.14. The largest absolute Gasteiger partial charge is 0.469 e. The zero-order valence-electron chi connectivity index (χ0n) is 11.3. The number of rotatable bonds is 7. The predicted molar refractivity (Wildman–Crippen MR) is 73.5 cm³/mol. The molecule has 3 heteroatoms. The van der Waals surface area contributed by atoms with Crippen LogP contribution in [0.5, 0.6) is 0 Å². The van der Waals surface area contributed by atoms with Gasteiger partial charge in [-0.1, -0.05) is 30.7 Å². The van der Waals surface area contributed by atoms with Crippen molar-refractivity contribution in [2.24, 2.45) is 5.73 Å². The number of esters is 1. The van der Waals surface area contributed by atoms with E-state index in [-0.39, 0.29) is 11.9 Å². The van der Waals surface area contributed by atoms with Gasteiger partial charge in [0.1, 0.15) is 0 Å². The van der Waals surface area contributed by atoms with E-state index in [0.29, 0.717) is 0 Å². The molecule has 100 valence electrons. The fraction of sp³-hybridized carbons (Fsp3) is 0.533. The molecule has 0 aliphatic rings. The van der Waals surface area contributed by atoms with Crippen LogP contribution in [0.4, 0.5) is 0 Å². The Hall–Kier alpha value is -1.35. The van der Waals surface area contributed by atoms with Crippen molar-refractivity contribution in [2.75, 3.05) is 13.7 Å². The molecule has 2 N–H and O–H groups in total. The van der Waals surface area contributed by atoms with Crippen LogP contribution in [-0.2, 0) is 16.0 Å². The second-order valence-corrected chi connectivity index (χ2v) is 4.59. The average molecular weight is 249 g/mol. The second kappa shape index (κ2) is 7.88. The minimum atomic E-state index is -0.193. The van der Waals surface area contributed by atoms with E-state index in [4.69, 9.17) is 10.5 Å². The van der Waals surface area contributed by atoms with Crippen molar-refractivity contribution in [1.82, 2.24) is 0 Å². The van der Waals surface area contributed by atoms with Crippen molar-refractivity contribution in [3.05, 3.63) is 35.4 Å². The molecule has 0 saturated heterocycles. The van der Waals surface area contributed by atoms with Crippen LogP contribution in [0.25, 0.3) is 0 Å². The van der Waals surface area contributed by atoms with Gasteiger partial charge in [-0.05, 0) is 43.9 Å². The molecule has 0 amide bonds. The summed E-state index contributed by atoms with van der Waals surface area (Å²) in [7, 11) is 1.42. The summed E-state index contributed by atoms with van der Waals surface area (Å²) in [6.45, 7) is 2.64. The molecule has 0 saturated carbocycles. The third-order valence-corrected chi connectivity index (χ3v) is 3.20. The van der Waals surface area contributed by atoms with E-state index in [1.54, 1.807) is 0 Å². The van der Waals surface area contributed by atoms with Crippen molar-refractivity contribution in [2.45, 2.75) is 38.5 Å². The molecule has 0 heterocycles. The summed E-state index contributed by atoms with van der Waals surface area (Å²) < 4.78 is 4.74. The summed E-state index contributed by atoms with van der Waals surface area (Å²) in [5, 5.41) is 0. The number of methoxy groups -OCH3 is 1. The zero-order chi connectivity index (χ0) is 13.4. The molecule has 0 bridgehead atoms. The second-order valence-electron chi connectivity index (χ2n) is 4.59. The van der Waals surface area contributed by atoms with Gasteiger partial charge in [-0.15, -0.1) is 0 Å². The Morgan fingerprint density at radius 3 is 2.44 bits per heavy atom. The number of benzene rings is 1. The normalized spacial score (nSPS) is 12.2. The summed E-state index contributed by atoms with van der Waals surface area (Å²) in [5.41, 5.74) is 7.78. The summed E-state index contributed by atoms with van der Waals surface area (Å²) >= 11 is 0. The van der Waals surface area contributed by atoms with Gasteiger partial charge in [0.2, 0.25) is 0 Å². The summed E-state index contributed by atoms with van der Waals surface area (Å²) in [4.78, 5) is 11.4. The Kier molecular flexibility index (Phi) is 6.44. The van der Waals surface area contributed by atoms with Crippen LogP contribution < -0.4 is 5.73 Å². The summed E-state index contributed by atoms with van der Waals surface area (Å²) in [6.07, 6.45) is 4.52. The minimum absolute atomic E-state index is 0.189. The molecular weight excluding hydrogens is 226 g/mol. The maximum atomic E-state index is 11.4. The number of carbonyl (C=O) groups excluding carboxylic acids is 1. The van der Waals surface area contributed by atoms with Crippen LogP contribution in [0.1, 0.15) is 43.2 Å².